The van der Waals surface area contributed by atoms with Crippen LogP contribution < -0.4 is 4.74 Å². The number of carbonyl (C=O) groups is 1. The molecular weight excluding hydrogens is 306 g/mol. The summed E-state index contributed by atoms with van der Waals surface area (Å²) in [6.45, 7) is 0. The summed E-state index contributed by atoms with van der Waals surface area (Å²) in [7, 11) is 0. The van der Waals surface area contributed by atoms with E-state index in [1.165, 1.54) is 0 Å². The van der Waals surface area contributed by atoms with E-state index in [2.05, 4.69) is 15.9 Å². The Kier molecular flexibility index (Phi) is 3.72. The third-order valence-corrected chi connectivity index (χ3v) is 2.86. The van der Waals surface area contributed by atoms with Crippen molar-refractivity contribution in [3.05, 3.63) is 58.1 Å². The molecule has 0 radical (unpaired) electrons. The highest BCUT2D eigenvalue weighted by atomic mass is 79.9. The molecule has 0 bridgehead atoms. The standard InChI is InChI=1S/C13H7BrF2O2/c14-9-3-1-2-4-12(9)18-13-10(15)5-8(7-17)6-11(13)16/h1-7H. The number of hydrogen-bond donors (Lipinski definition) is 0. The number of halogens is 3. The molecule has 0 saturated heterocycles. The van der Waals surface area contributed by atoms with E-state index in [0.717, 1.165) is 12.1 Å². The summed E-state index contributed by atoms with van der Waals surface area (Å²) >= 11 is 3.20. The van der Waals surface area contributed by atoms with Crippen LogP contribution in [0.2, 0.25) is 0 Å². The Morgan fingerprint density at radius 2 is 1.72 bits per heavy atom. The lowest BCUT2D eigenvalue weighted by Gasteiger charge is -2.09. The number of ether oxygens (including phenoxy) is 1. The second-order valence-corrected chi connectivity index (χ2v) is 4.32. The molecule has 2 aromatic rings. The molecule has 0 saturated carbocycles. The molecule has 2 rings (SSSR count). The molecule has 2 nitrogen and oxygen atoms in total. The third-order valence-electron chi connectivity index (χ3n) is 2.21. The fourth-order valence-corrected chi connectivity index (χ4v) is 1.75. The van der Waals surface area contributed by atoms with Crippen molar-refractivity contribution >= 4 is 22.2 Å². The van der Waals surface area contributed by atoms with Crippen molar-refractivity contribution in [3.8, 4) is 11.5 Å². The highest BCUT2D eigenvalue weighted by Gasteiger charge is 2.14. The zero-order chi connectivity index (χ0) is 13.1. The van der Waals surface area contributed by atoms with Gasteiger partial charge in [0.1, 0.15) is 12.0 Å². The Hall–Kier alpha value is -1.75. The number of aldehydes is 1. The highest BCUT2D eigenvalue weighted by Crippen LogP contribution is 2.32. The topological polar surface area (TPSA) is 26.3 Å². The molecule has 92 valence electrons. The zero-order valence-electron chi connectivity index (χ0n) is 8.99. The molecule has 0 aliphatic carbocycles. The Morgan fingerprint density at radius 1 is 1.11 bits per heavy atom. The van der Waals surface area contributed by atoms with Gasteiger partial charge in [0.15, 0.2) is 17.4 Å². The molecule has 0 N–H and O–H groups in total. The first kappa shape index (κ1) is 12.7. The molecule has 0 fully saturated rings. The van der Waals surface area contributed by atoms with Gasteiger partial charge in [0.05, 0.1) is 4.47 Å². The smallest absolute Gasteiger partial charge is 0.198 e. The predicted molar refractivity (Wildman–Crippen MR) is 66.0 cm³/mol. The fraction of sp³-hybridized carbons (Fsp3) is 0. The van der Waals surface area contributed by atoms with Gasteiger partial charge in [-0.1, -0.05) is 12.1 Å². The van der Waals surface area contributed by atoms with Crippen LogP contribution in [0.3, 0.4) is 0 Å². The maximum absolute atomic E-state index is 13.6. The molecule has 18 heavy (non-hydrogen) atoms. The van der Waals surface area contributed by atoms with E-state index in [1.54, 1.807) is 24.3 Å². The predicted octanol–water partition coefficient (Wildman–Crippen LogP) is 4.33. The van der Waals surface area contributed by atoms with E-state index in [-0.39, 0.29) is 11.3 Å². The van der Waals surface area contributed by atoms with Gasteiger partial charge in [-0.2, -0.15) is 0 Å². The van der Waals surface area contributed by atoms with Crippen LogP contribution in [0.25, 0.3) is 0 Å². The Labute approximate surface area is 110 Å². The van der Waals surface area contributed by atoms with Crippen molar-refractivity contribution in [1.29, 1.82) is 0 Å². The van der Waals surface area contributed by atoms with Gasteiger partial charge in [-0.25, -0.2) is 8.78 Å². The van der Waals surface area contributed by atoms with E-state index in [1.807, 2.05) is 0 Å². The second-order valence-electron chi connectivity index (χ2n) is 3.46. The quantitative estimate of drug-likeness (QED) is 0.788. The molecule has 0 aliphatic rings. The second kappa shape index (κ2) is 5.27. The van der Waals surface area contributed by atoms with Gasteiger partial charge >= 0.3 is 0 Å². The van der Waals surface area contributed by atoms with Crippen molar-refractivity contribution in [1.82, 2.24) is 0 Å². The molecule has 0 aliphatic heterocycles. The molecular formula is C13H7BrF2O2. The minimum absolute atomic E-state index is 0.0792. The lowest BCUT2D eigenvalue weighted by Crippen LogP contribution is -1.95. The Bertz CT molecular complexity index is 576. The number of rotatable bonds is 3. The molecule has 0 heterocycles. The van der Waals surface area contributed by atoms with Crippen LogP contribution in [-0.2, 0) is 0 Å². The van der Waals surface area contributed by atoms with Crippen LogP contribution in [0.1, 0.15) is 10.4 Å². The maximum atomic E-state index is 13.6. The third kappa shape index (κ3) is 2.56. The first-order valence-corrected chi connectivity index (χ1v) is 5.77. The summed E-state index contributed by atoms with van der Waals surface area (Å²) in [4.78, 5) is 10.5. The largest absolute Gasteiger partial charge is 0.450 e. The minimum atomic E-state index is -0.923. The Morgan fingerprint density at radius 3 is 2.28 bits per heavy atom. The van der Waals surface area contributed by atoms with Gasteiger partial charge in [0.25, 0.3) is 0 Å². The first-order chi connectivity index (χ1) is 8.61. The molecule has 0 aromatic heterocycles. The van der Waals surface area contributed by atoms with Gasteiger partial charge in [-0.3, -0.25) is 4.79 Å². The summed E-state index contributed by atoms with van der Waals surface area (Å²) in [5.74, 6) is -2.10. The van der Waals surface area contributed by atoms with Crippen molar-refractivity contribution in [3.63, 3.8) is 0 Å². The molecule has 0 atom stereocenters. The lowest BCUT2D eigenvalue weighted by molar-refractivity contribution is 0.112. The highest BCUT2D eigenvalue weighted by molar-refractivity contribution is 9.10. The molecule has 0 amide bonds. The monoisotopic (exact) mass is 312 g/mol. The minimum Gasteiger partial charge on any atom is -0.450 e. The number of carbonyl (C=O) groups excluding carboxylic acids is 1. The summed E-state index contributed by atoms with van der Waals surface area (Å²) in [5.41, 5.74) is -0.0792. The van der Waals surface area contributed by atoms with E-state index < -0.39 is 17.4 Å². The van der Waals surface area contributed by atoms with Crippen molar-refractivity contribution in [2.45, 2.75) is 0 Å². The SMILES string of the molecule is O=Cc1cc(F)c(Oc2ccccc2Br)c(F)c1. The van der Waals surface area contributed by atoms with Crippen LogP contribution in [0.4, 0.5) is 8.78 Å². The van der Waals surface area contributed by atoms with Gasteiger partial charge in [0, 0.05) is 5.56 Å². The van der Waals surface area contributed by atoms with Crippen molar-refractivity contribution in [2.24, 2.45) is 0 Å². The van der Waals surface area contributed by atoms with E-state index >= 15 is 0 Å². The van der Waals surface area contributed by atoms with Crippen LogP contribution in [0, 0.1) is 11.6 Å². The lowest BCUT2D eigenvalue weighted by atomic mass is 10.2. The van der Waals surface area contributed by atoms with Crippen molar-refractivity contribution in [2.75, 3.05) is 0 Å². The summed E-state index contributed by atoms with van der Waals surface area (Å²) in [6, 6.07) is 8.51. The van der Waals surface area contributed by atoms with Gasteiger partial charge in [-0.05, 0) is 40.2 Å². The number of hydrogen-bond acceptors (Lipinski definition) is 2. The van der Waals surface area contributed by atoms with Gasteiger partial charge < -0.3 is 4.74 Å². The average molecular weight is 313 g/mol. The zero-order valence-corrected chi connectivity index (χ0v) is 10.6. The number of benzene rings is 2. The van der Waals surface area contributed by atoms with Gasteiger partial charge in [0.2, 0.25) is 0 Å². The van der Waals surface area contributed by atoms with Crippen LogP contribution in [0.15, 0.2) is 40.9 Å². The van der Waals surface area contributed by atoms with E-state index in [0.29, 0.717) is 10.8 Å². The molecule has 0 spiro atoms. The van der Waals surface area contributed by atoms with E-state index in [9.17, 15) is 13.6 Å². The summed E-state index contributed by atoms with van der Waals surface area (Å²) in [5, 5.41) is 0. The summed E-state index contributed by atoms with van der Waals surface area (Å²) < 4.78 is 32.9. The van der Waals surface area contributed by atoms with Gasteiger partial charge in [-0.15, -0.1) is 0 Å². The number of para-hydroxylation sites is 1. The summed E-state index contributed by atoms with van der Waals surface area (Å²) in [6.07, 6.45) is 0.369. The van der Waals surface area contributed by atoms with E-state index in [4.69, 9.17) is 4.74 Å². The fourth-order valence-electron chi connectivity index (χ4n) is 1.38. The molecule has 5 heteroatoms. The average Bonchev–Trinajstić information content (AvgIpc) is 2.35. The normalized spacial score (nSPS) is 10.2. The molecule has 0 unspecified atom stereocenters. The Balaban J connectivity index is 2.41. The maximum Gasteiger partial charge on any atom is 0.198 e. The van der Waals surface area contributed by atoms with Crippen LogP contribution in [0.5, 0.6) is 11.5 Å². The van der Waals surface area contributed by atoms with Crippen molar-refractivity contribution < 1.29 is 18.3 Å². The van der Waals surface area contributed by atoms with Crippen LogP contribution >= 0.6 is 15.9 Å². The molecule has 2 aromatic carbocycles. The first-order valence-electron chi connectivity index (χ1n) is 4.98. The van der Waals surface area contributed by atoms with Crippen LogP contribution in [-0.4, -0.2) is 6.29 Å².